The van der Waals surface area contributed by atoms with Gasteiger partial charge in [-0.3, -0.25) is 14.2 Å². The number of carbonyl (C=O) groups excluding carboxylic acids is 1. The molecule has 7 heteroatoms. The lowest BCUT2D eigenvalue weighted by molar-refractivity contribution is 0.103. The predicted molar refractivity (Wildman–Crippen MR) is 109 cm³/mol. The Morgan fingerprint density at radius 2 is 2.07 bits per heavy atom. The van der Waals surface area contributed by atoms with E-state index in [4.69, 9.17) is 0 Å². The monoisotopic (exact) mass is 385 g/mol. The first kappa shape index (κ1) is 19.1. The first-order chi connectivity index (χ1) is 12.9. The van der Waals surface area contributed by atoms with Crippen molar-refractivity contribution in [1.82, 2.24) is 9.55 Å². The number of anilines is 1. The van der Waals surface area contributed by atoms with Gasteiger partial charge in [0.25, 0.3) is 11.5 Å². The molecule has 0 saturated heterocycles. The number of amides is 1. The minimum Gasteiger partial charge on any atom is -0.508 e. The Morgan fingerprint density at radius 3 is 2.78 bits per heavy atom. The van der Waals surface area contributed by atoms with Crippen LogP contribution in [-0.2, 0) is 6.54 Å². The number of carbonyl (C=O) groups is 1. The number of phenols is 1. The third-order valence-corrected chi connectivity index (χ3v) is 5.78. The average Bonchev–Trinajstić information content (AvgIpc) is 2.97. The molecule has 2 N–H and O–H groups in total. The van der Waals surface area contributed by atoms with Crippen LogP contribution >= 0.6 is 11.3 Å². The van der Waals surface area contributed by atoms with Gasteiger partial charge >= 0.3 is 0 Å². The number of benzene rings is 1. The van der Waals surface area contributed by atoms with E-state index >= 15 is 0 Å². The summed E-state index contributed by atoms with van der Waals surface area (Å²) in [5.41, 5.74) is 1.95. The van der Waals surface area contributed by atoms with E-state index in [0.717, 1.165) is 24.8 Å². The number of hydrogen-bond acceptors (Lipinski definition) is 5. The van der Waals surface area contributed by atoms with Gasteiger partial charge in [-0.05, 0) is 49.6 Å². The van der Waals surface area contributed by atoms with Crippen molar-refractivity contribution in [3.8, 4) is 5.75 Å². The van der Waals surface area contributed by atoms with Crippen molar-refractivity contribution in [3.63, 3.8) is 0 Å². The predicted octanol–water partition coefficient (Wildman–Crippen LogP) is 4.22. The van der Waals surface area contributed by atoms with Gasteiger partial charge in [0.15, 0.2) is 0 Å². The van der Waals surface area contributed by atoms with E-state index in [1.807, 2.05) is 6.92 Å². The Balaban J connectivity index is 1.93. The van der Waals surface area contributed by atoms with Crippen LogP contribution in [0.2, 0.25) is 0 Å². The highest BCUT2D eigenvalue weighted by atomic mass is 32.1. The Labute approximate surface area is 161 Å². The van der Waals surface area contributed by atoms with E-state index < -0.39 is 0 Å². The lowest BCUT2D eigenvalue weighted by atomic mass is 10.1. The Hall–Kier alpha value is -2.67. The van der Waals surface area contributed by atoms with Crippen LogP contribution in [-0.4, -0.2) is 20.6 Å². The number of unbranched alkanes of at least 4 members (excludes halogenated alkanes) is 2. The van der Waals surface area contributed by atoms with Crippen LogP contribution in [0.1, 0.15) is 47.0 Å². The zero-order chi connectivity index (χ0) is 19.6. The molecule has 0 spiro atoms. The summed E-state index contributed by atoms with van der Waals surface area (Å²) in [6.45, 7) is 6.35. The van der Waals surface area contributed by atoms with Gasteiger partial charge in [0.05, 0.1) is 16.6 Å². The highest BCUT2D eigenvalue weighted by Crippen LogP contribution is 2.28. The van der Waals surface area contributed by atoms with Crippen LogP contribution in [0.25, 0.3) is 10.2 Å². The molecule has 0 aliphatic rings. The molecule has 3 rings (SSSR count). The van der Waals surface area contributed by atoms with Crippen LogP contribution in [0, 0.1) is 13.8 Å². The maximum absolute atomic E-state index is 12.8. The van der Waals surface area contributed by atoms with Crippen molar-refractivity contribution < 1.29 is 9.90 Å². The number of aromatic hydroxyl groups is 1. The highest BCUT2D eigenvalue weighted by Gasteiger charge is 2.20. The van der Waals surface area contributed by atoms with Gasteiger partial charge in [0.1, 0.15) is 10.6 Å². The van der Waals surface area contributed by atoms with Crippen LogP contribution in [0.15, 0.2) is 29.3 Å². The molecule has 3 aromatic rings. The van der Waals surface area contributed by atoms with Crippen molar-refractivity contribution in [2.45, 2.75) is 46.6 Å². The first-order valence-electron chi connectivity index (χ1n) is 9.02. The molecule has 0 radical (unpaired) electrons. The van der Waals surface area contributed by atoms with Crippen LogP contribution in [0.5, 0.6) is 5.75 Å². The highest BCUT2D eigenvalue weighted by molar-refractivity contribution is 7.20. The van der Waals surface area contributed by atoms with E-state index in [1.165, 1.54) is 17.4 Å². The van der Waals surface area contributed by atoms with Crippen molar-refractivity contribution >= 4 is 33.1 Å². The van der Waals surface area contributed by atoms with Gasteiger partial charge < -0.3 is 10.4 Å². The maximum atomic E-state index is 12.8. The molecule has 0 aliphatic heterocycles. The minimum atomic E-state index is -0.277. The summed E-state index contributed by atoms with van der Waals surface area (Å²) in [7, 11) is 0. The molecule has 0 atom stereocenters. The second-order valence-electron chi connectivity index (χ2n) is 6.64. The molecule has 0 bridgehead atoms. The molecule has 0 unspecified atom stereocenters. The van der Waals surface area contributed by atoms with Crippen molar-refractivity contribution in [2.24, 2.45) is 0 Å². The summed E-state index contributed by atoms with van der Waals surface area (Å²) in [4.78, 5) is 31.0. The molecular weight excluding hydrogens is 362 g/mol. The zero-order valence-corrected chi connectivity index (χ0v) is 16.5. The molecule has 2 aromatic heterocycles. The second-order valence-corrected chi connectivity index (χ2v) is 7.64. The van der Waals surface area contributed by atoms with Gasteiger partial charge in [-0.25, -0.2) is 4.98 Å². The Morgan fingerprint density at radius 1 is 1.30 bits per heavy atom. The summed E-state index contributed by atoms with van der Waals surface area (Å²) < 4.78 is 1.63. The molecule has 6 nitrogen and oxygen atoms in total. The molecular formula is C20H23N3O3S. The smallest absolute Gasteiger partial charge is 0.266 e. The third kappa shape index (κ3) is 3.88. The number of aromatic nitrogens is 2. The fraction of sp³-hybridized carbons (Fsp3) is 0.350. The minimum absolute atomic E-state index is 0.0929. The maximum Gasteiger partial charge on any atom is 0.266 e. The quantitative estimate of drug-likeness (QED) is 0.491. The Kier molecular flexibility index (Phi) is 5.60. The Bertz CT molecular complexity index is 1050. The van der Waals surface area contributed by atoms with Crippen molar-refractivity contribution in [1.29, 1.82) is 0 Å². The summed E-state index contributed by atoms with van der Waals surface area (Å²) in [5, 5.41) is 12.9. The average molecular weight is 385 g/mol. The summed E-state index contributed by atoms with van der Waals surface area (Å²) in [6, 6.07) is 4.77. The van der Waals surface area contributed by atoms with Crippen molar-refractivity contribution in [3.05, 3.63) is 50.9 Å². The van der Waals surface area contributed by atoms with E-state index in [-0.39, 0.29) is 17.2 Å². The van der Waals surface area contributed by atoms with Gasteiger partial charge in [-0.1, -0.05) is 19.8 Å². The number of hydrogen-bond donors (Lipinski definition) is 2. The standard InChI is InChI=1S/C20H23N3O3S/c1-4-5-6-9-23-11-21-19-16(20(23)26)13(3)17(27-19)18(25)22-15-8-7-14(24)10-12(15)2/h7-8,10-11,24H,4-6,9H2,1-3H3,(H,22,25). The van der Waals surface area contributed by atoms with E-state index in [2.05, 4.69) is 17.2 Å². The number of fused-ring (bicyclic) bond motifs is 1. The van der Waals surface area contributed by atoms with Crippen LogP contribution < -0.4 is 10.9 Å². The molecule has 0 aliphatic carbocycles. The van der Waals surface area contributed by atoms with E-state index in [1.54, 1.807) is 30.0 Å². The lowest BCUT2D eigenvalue weighted by Gasteiger charge is -2.08. The SMILES string of the molecule is CCCCCn1cnc2sc(C(=O)Nc3ccc(O)cc3C)c(C)c2c1=O. The van der Waals surface area contributed by atoms with Gasteiger partial charge in [0, 0.05) is 12.2 Å². The molecule has 0 saturated carbocycles. The molecule has 0 fully saturated rings. The second kappa shape index (κ2) is 7.92. The van der Waals surface area contributed by atoms with E-state index in [9.17, 15) is 14.7 Å². The van der Waals surface area contributed by atoms with Crippen molar-refractivity contribution in [2.75, 3.05) is 5.32 Å². The number of phenolic OH excluding ortho intramolecular Hbond substituents is 1. The number of rotatable bonds is 6. The first-order valence-corrected chi connectivity index (χ1v) is 9.83. The molecule has 27 heavy (non-hydrogen) atoms. The fourth-order valence-corrected chi connectivity index (χ4v) is 4.07. The van der Waals surface area contributed by atoms with E-state index in [0.29, 0.717) is 32.9 Å². The molecule has 142 valence electrons. The fourth-order valence-electron chi connectivity index (χ4n) is 3.03. The third-order valence-electron chi connectivity index (χ3n) is 4.58. The van der Waals surface area contributed by atoms with Crippen LogP contribution in [0.4, 0.5) is 5.69 Å². The summed E-state index contributed by atoms with van der Waals surface area (Å²) in [5.74, 6) is -0.127. The largest absolute Gasteiger partial charge is 0.508 e. The topological polar surface area (TPSA) is 84.2 Å². The normalized spacial score (nSPS) is 11.1. The number of nitrogens with zero attached hydrogens (tertiary/aromatic N) is 2. The number of thiophene rings is 1. The molecule has 1 aromatic carbocycles. The summed E-state index contributed by atoms with van der Waals surface area (Å²) >= 11 is 1.23. The van der Waals surface area contributed by atoms with Gasteiger partial charge in [-0.15, -0.1) is 11.3 Å². The lowest BCUT2D eigenvalue weighted by Crippen LogP contribution is -2.20. The van der Waals surface area contributed by atoms with Gasteiger partial charge in [0.2, 0.25) is 0 Å². The molecule has 2 heterocycles. The van der Waals surface area contributed by atoms with Crippen LogP contribution in [0.3, 0.4) is 0 Å². The summed E-state index contributed by atoms with van der Waals surface area (Å²) in [6.07, 6.45) is 4.65. The number of aryl methyl sites for hydroxylation is 3. The number of nitrogens with one attached hydrogen (secondary N) is 1. The van der Waals surface area contributed by atoms with Gasteiger partial charge in [-0.2, -0.15) is 0 Å². The molecule has 1 amide bonds. The zero-order valence-electron chi connectivity index (χ0n) is 15.7.